The molecule has 51 heavy (non-hydrogen) atoms. The number of fused-ring (bicyclic) bond motifs is 1. The molecule has 2 aliphatic rings. The summed E-state index contributed by atoms with van der Waals surface area (Å²) in [6, 6.07) is 23.0. The van der Waals surface area contributed by atoms with Crippen LogP contribution in [0.1, 0.15) is 64.3 Å². The fourth-order valence-corrected chi connectivity index (χ4v) is 7.72. The number of carbonyl (C=O) groups is 2. The quantitative estimate of drug-likeness (QED) is 0.150. The summed E-state index contributed by atoms with van der Waals surface area (Å²) in [6.07, 6.45) is 3.32. The van der Waals surface area contributed by atoms with Gasteiger partial charge in [-0.25, -0.2) is 14.8 Å². The third kappa shape index (κ3) is 7.25. The Morgan fingerprint density at radius 2 is 1.49 bits per heavy atom. The van der Waals surface area contributed by atoms with Gasteiger partial charge < -0.3 is 24.9 Å². The van der Waals surface area contributed by atoms with Crippen molar-refractivity contribution in [2.45, 2.75) is 58.7 Å². The molecule has 0 aliphatic carbocycles. The maximum atomic E-state index is 13.9. The number of rotatable bonds is 8. The smallest absolute Gasteiger partial charge is 0.409 e. The van der Waals surface area contributed by atoms with Crippen LogP contribution in [0.25, 0.3) is 44.5 Å². The number of halogens is 1. The van der Waals surface area contributed by atoms with Crippen molar-refractivity contribution in [2.75, 3.05) is 27.2 Å². The van der Waals surface area contributed by atoms with Gasteiger partial charge in [0.25, 0.3) is 0 Å². The fourth-order valence-electron chi connectivity index (χ4n) is 7.72. The summed E-state index contributed by atoms with van der Waals surface area (Å²) in [5.74, 6) is 2.60. The molecule has 2 saturated heterocycles. The van der Waals surface area contributed by atoms with Gasteiger partial charge in [0.1, 0.15) is 17.7 Å². The van der Waals surface area contributed by atoms with Gasteiger partial charge in [-0.3, -0.25) is 9.69 Å². The minimum atomic E-state index is -0.625. The number of likely N-dealkylation sites (tertiary alicyclic amines) is 1. The molecule has 7 rings (SSSR count). The molecule has 0 bridgehead atoms. The molecule has 5 atom stereocenters. The van der Waals surface area contributed by atoms with Gasteiger partial charge in [0.05, 0.1) is 42.1 Å². The molecule has 0 saturated carbocycles. The number of aromatic nitrogens is 4. The van der Waals surface area contributed by atoms with Crippen molar-refractivity contribution in [3.05, 3.63) is 84.6 Å². The molecule has 3 aromatic carbocycles. The normalized spacial score (nSPS) is 20.8. The predicted molar refractivity (Wildman–Crippen MR) is 203 cm³/mol. The summed E-state index contributed by atoms with van der Waals surface area (Å²) in [6.45, 7) is 9.97. The molecule has 2 aliphatic heterocycles. The highest BCUT2D eigenvalue weighted by Crippen LogP contribution is 2.37. The minimum absolute atomic E-state index is 0. The van der Waals surface area contributed by atoms with Gasteiger partial charge in [0, 0.05) is 13.6 Å². The van der Waals surface area contributed by atoms with Crippen LogP contribution in [-0.4, -0.2) is 75.0 Å². The second-order valence-electron chi connectivity index (χ2n) is 14.6. The lowest BCUT2D eigenvalue weighted by molar-refractivity contribution is -0.138. The Morgan fingerprint density at radius 1 is 0.863 bits per heavy atom. The van der Waals surface area contributed by atoms with Crippen LogP contribution in [0.3, 0.4) is 0 Å². The van der Waals surface area contributed by atoms with Crippen molar-refractivity contribution >= 4 is 35.4 Å². The SMILES string of the molecule is COC(=O)N(C)[C@H](C(=O)N1C[C@@H](C)C[C@H]1c1nc2ccc(-c3ccc(-c4ccc(-c5cnc([C@@H]6C[C@H](C)CN6)[nH]5)cc4)cc3)cc2[nH]1)C(C)C.Cl. The van der Waals surface area contributed by atoms with E-state index in [4.69, 9.17) is 9.72 Å². The molecular formula is C40H48ClN7O3. The van der Waals surface area contributed by atoms with Crippen molar-refractivity contribution in [1.82, 2.24) is 35.1 Å². The number of nitrogens with zero attached hydrogens (tertiary/aromatic N) is 4. The number of likely N-dealkylation sites (N-methyl/N-ethyl adjacent to an activating group) is 1. The van der Waals surface area contributed by atoms with E-state index in [0.717, 1.165) is 75.6 Å². The van der Waals surface area contributed by atoms with Crippen molar-refractivity contribution in [3.8, 4) is 33.5 Å². The molecule has 4 heterocycles. The Bertz CT molecular complexity index is 1990. The first-order chi connectivity index (χ1) is 24.1. The van der Waals surface area contributed by atoms with Crippen LogP contribution in [0.15, 0.2) is 72.9 Å². The van der Waals surface area contributed by atoms with Crippen LogP contribution in [-0.2, 0) is 9.53 Å². The van der Waals surface area contributed by atoms with Crippen LogP contribution >= 0.6 is 12.4 Å². The van der Waals surface area contributed by atoms with E-state index in [1.165, 1.54) is 12.0 Å². The van der Waals surface area contributed by atoms with E-state index in [1.807, 2.05) is 31.0 Å². The zero-order valence-corrected chi connectivity index (χ0v) is 31.0. The number of imidazole rings is 2. The summed E-state index contributed by atoms with van der Waals surface area (Å²) in [5, 5.41) is 3.55. The van der Waals surface area contributed by atoms with Crippen LogP contribution < -0.4 is 5.32 Å². The maximum Gasteiger partial charge on any atom is 0.409 e. The predicted octanol–water partition coefficient (Wildman–Crippen LogP) is 8.01. The van der Waals surface area contributed by atoms with Gasteiger partial charge in [0.15, 0.2) is 0 Å². The maximum absolute atomic E-state index is 13.9. The monoisotopic (exact) mass is 709 g/mol. The summed E-state index contributed by atoms with van der Waals surface area (Å²) in [7, 11) is 2.96. The van der Waals surface area contributed by atoms with Crippen molar-refractivity contribution < 1.29 is 14.3 Å². The van der Waals surface area contributed by atoms with Crippen LogP contribution in [0.4, 0.5) is 4.79 Å². The molecule has 5 aromatic rings. The van der Waals surface area contributed by atoms with Crippen LogP contribution in [0, 0.1) is 17.8 Å². The van der Waals surface area contributed by atoms with Crippen molar-refractivity contribution in [1.29, 1.82) is 0 Å². The molecule has 2 aromatic heterocycles. The van der Waals surface area contributed by atoms with E-state index >= 15 is 0 Å². The molecule has 268 valence electrons. The highest BCUT2D eigenvalue weighted by atomic mass is 35.5. The lowest BCUT2D eigenvalue weighted by Gasteiger charge is -2.34. The van der Waals surface area contributed by atoms with Gasteiger partial charge >= 0.3 is 6.09 Å². The number of benzene rings is 3. The first-order valence-electron chi connectivity index (χ1n) is 17.7. The Labute approximate surface area is 305 Å². The third-order valence-corrected chi connectivity index (χ3v) is 10.4. The molecule has 0 unspecified atom stereocenters. The van der Waals surface area contributed by atoms with Gasteiger partial charge in [0.2, 0.25) is 5.91 Å². The average Bonchev–Trinajstić information content (AvgIpc) is 3.94. The van der Waals surface area contributed by atoms with Gasteiger partial charge in [-0.2, -0.15) is 0 Å². The Hall–Kier alpha value is -4.67. The summed E-state index contributed by atoms with van der Waals surface area (Å²) >= 11 is 0. The molecule has 0 radical (unpaired) electrons. The van der Waals surface area contributed by atoms with Crippen molar-refractivity contribution in [3.63, 3.8) is 0 Å². The Balaban J connectivity index is 0.00000448. The number of nitrogens with one attached hydrogen (secondary N) is 3. The lowest BCUT2D eigenvalue weighted by atomic mass is 9.99. The molecule has 3 N–H and O–H groups in total. The van der Waals surface area contributed by atoms with E-state index in [-0.39, 0.29) is 30.3 Å². The minimum Gasteiger partial charge on any atom is -0.453 e. The highest BCUT2D eigenvalue weighted by Gasteiger charge is 2.42. The fraction of sp³-hybridized carbons (Fsp3) is 0.400. The average molecular weight is 710 g/mol. The van der Waals surface area contributed by atoms with E-state index in [0.29, 0.717) is 24.4 Å². The van der Waals surface area contributed by atoms with E-state index in [9.17, 15) is 9.59 Å². The molecular weight excluding hydrogens is 662 g/mol. The first kappa shape index (κ1) is 36.1. The lowest BCUT2D eigenvalue weighted by Crippen LogP contribution is -2.52. The number of aromatic amines is 2. The molecule has 0 spiro atoms. The zero-order chi connectivity index (χ0) is 35.1. The zero-order valence-electron chi connectivity index (χ0n) is 30.1. The second-order valence-corrected chi connectivity index (χ2v) is 14.6. The van der Waals surface area contributed by atoms with Crippen LogP contribution in [0.5, 0.6) is 0 Å². The van der Waals surface area contributed by atoms with Crippen LogP contribution in [0.2, 0.25) is 0 Å². The number of carbonyl (C=O) groups excluding carboxylic acids is 2. The summed E-state index contributed by atoms with van der Waals surface area (Å²) in [5.41, 5.74) is 8.45. The molecule has 2 fully saturated rings. The van der Waals surface area contributed by atoms with Crippen molar-refractivity contribution in [2.24, 2.45) is 17.8 Å². The van der Waals surface area contributed by atoms with E-state index in [1.54, 1.807) is 7.05 Å². The first-order valence-corrected chi connectivity index (χ1v) is 17.7. The number of hydrogen-bond acceptors (Lipinski definition) is 6. The van der Waals surface area contributed by atoms with E-state index < -0.39 is 12.1 Å². The largest absolute Gasteiger partial charge is 0.453 e. The van der Waals surface area contributed by atoms with E-state index in [2.05, 4.69) is 94.8 Å². The Kier molecular flexibility index (Phi) is 10.6. The second kappa shape index (κ2) is 14.9. The third-order valence-electron chi connectivity index (χ3n) is 10.4. The highest BCUT2D eigenvalue weighted by molar-refractivity contribution is 5.87. The number of hydrogen-bond donors (Lipinski definition) is 3. The number of amides is 2. The molecule has 10 nitrogen and oxygen atoms in total. The number of methoxy groups -OCH3 is 1. The summed E-state index contributed by atoms with van der Waals surface area (Å²) in [4.78, 5) is 46.2. The molecule has 11 heteroatoms. The number of ether oxygens (including phenoxy) is 1. The van der Waals surface area contributed by atoms with Gasteiger partial charge in [-0.1, -0.05) is 82.3 Å². The van der Waals surface area contributed by atoms with Gasteiger partial charge in [-0.05, 0) is 77.1 Å². The molecule has 2 amide bonds. The Morgan fingerprint density at radius 3 is 2.10 bits per heavy atom. The number of H-pyrrole nitrogens is 2. The summed E-state index contributed by atoms with van der Waals surface area (Å²) < 4.78 is 4.93. The van der Waals surface area contributed by atoms with Gasteiger partial charge in [-0.15, -0.1) is 12.4 Å². The topological polar surface area (TPSA) is 119 Å². The standard InChI is InChI=1S/C40H47N7O3.ClH/c1-23(2)36(46(5)40(49)50-6)39(48)47-22-25(4)18-35(47)38-43-31-16-15-30(19-32(31)44-38)28-9-7-26(8-10-28)27-11-13-29(14-12-27)34-21-42-37(45-34)33-17-24(3)20-41-33;/h7-16,19,21,23-25,33,35-36,41H,17-18,20,22H2,1-6H3,(H,42,45)(H,43,44);1H/t24-,25-,33-,35-,36-;/m0./s1.